The maximum absolute atomic E-state index is 6.07. The first-order valence-corrected chi connectivity index (χ1v) is 8.35. The molecule has 4 nitrogen and oxygen atoms in total. The van der Waals surface area contributed by atoms with Crippen LogP contribution >= 0.6 is 23.2 Å². The second-order valence-electron chi connectivity index (χ2n) is 5.43. The lowest BCUT2D eigenvalue weighted by molar-refractivity contribution is 0.310. The predicted octanol–water partition coefficient (Wildman–Crippen LogP) is 4.98. The molecule has 6 heteroatoms. The molecule has 0 aliphatic carbocycles. The van der Waals surface area contributed by atoms with E-state index in [-0.39, 0.29) is 0 Å². The molecule has 3 aromatic rings. The van der Waals surface area contributed by atoms with Crippen molar-refractivity contribution in [2.75, 3.05) is 12.3 Å². The lowest BCUT2D eigenvalue weighted by atomic mass is 10.1. The van der Waals surface area contributed by atoms with Crippen LogP contribution in [0.15, 0.2) is 48.5 Å². The number of hydrogen-bond acceptors (Lipinski definition) is 3. The monoisotopic (exact) mass is 361 g/mol. The van der Waals surface area contributed by atoms with E-state index in [1.54, 1.807) is 18.2 Å². The van der Waals surface area contributed by atoms with Gasteiger partial charge < -0.3 is 10.5 Å². The molecule has 0 bridgehead atoms. The largest absolute Gasteiger partial charge is 0.492 e. The van der Waals surface area contributed by atoms with Gasteiger partial charge in [0, 0.05) is 22.0 Å². The van der Waals surface area contributed by atoms with Crippen molar-refractivity contribution in [3.63, 3.8) is 0 Å². The van der Waals surface area contributed by atoms with E-state index in [0.29, 0.717) is 22.4 Å². The molecular formula is C18H17Cl2N3O. The van der Waals surface area contributed by atoms with Gasteiger partial charge in [-0.15, -0.1) is 0 Å². The van der Waals surface area contributed by atoms with Crippen molar-refractivity contribution in [3.05, 3.63) is 64.3 Å². The topological polar surface area (TPSA) is 63.9 Å². The summed E-state index contributed by atoms with van der Waals surface area (Å²) in [5, 5.41) is 8.50. The lowest BCUT2D eigenvalue weighted by Gasteiger charge is -2.07. The minimum absolute atomic E-state index is 0.521. The summed E-state index contributed by atoms with van der Waals surface area (Å²) < 4.78 is 5.68. The highest BCUT2D eigenvalue weighted by Crippen LogP contribution is 2.27. The number of anilines is 1. The molecule has 0 saturated heterocycles. The molecule has 3 N–H and O–H groups in total. The Morgan fingerprint density at radius 3 is 2.75 bits per heavy atom. The first kappa shape index (κ1) is 16.7. The zero-order valence-electron chi connectivity index (χ0n) is 12.9. The molecule has 1 heterocycles. The van der Waals surface area contributed by atoms with E-state index < -0.39 is 0 Å². The molecule has 0 radical (unpaired) electrons. The first-order chi connectivity index (χ1) is 11.6. The fourth-order valence-corrected chi connectivity index (χ4v) is 2.84. The average Bonchev–Trinajstić information content (AvgIpc) is 3.02. The molecule has 3 rings (SSSR count). The highest BCUT2D eigenvalue weighted by molar-refractivity contribution is 6.35. The molecule has 0 aliphatic rings. The van der Waals surface area contributed by atoms with Gasteiger partial charge in [0.05, 0.1) is 17.3 Å². The maximum atomic E-state index is 6.07. The van der Waals surface area contributed by atoms with Crippen LogP contribution in [-0.2, 0) is 6.42 Å². The molecule has 0 saturated carbocycles. The number of aromatic amines is 1. The van der Waals surface area contributed by atoms with Crippen molar-refractivity contribution in [1.29, 1.82) is 0 Å². The predicted molar refractivity (Wildman–Crippen MR) is 98.7 cm³/mol. The van der Waals surface area contributed by atoms with Gasteiger partial charge in [-0.2, -0.15) is 5.10 Å². The Labute approximate surface area is 150 Å². The number of aryl methyl sites for hydroxylation is 1. The number of hydrogen-bond donors (Lipinski definition) is 2. The van der Waals surface area contributed by atoms with Crippen molar-refractivity contribution in [3.8, 4) is 17.0 Å². The van der Waals surface area contributed by atoms with Crippen LogP contribution < -0.4 is 10.5 Å². The van der Waals surface area contributed by atoms with Gasteiger partial charge in [0.2, 0.25) is 0 Å². The van der Waals surface area contributed by atoms with Crippen molar-refractivity contribution < 1.29 is 4.74 Å². The number of ether oxygens (including phenoxy) is 1. The van der Waals surface area contributed by atoms with Crippen LogP contribution in [0.2, 0.25) is 10.0 Å². The van der Waals surface area contributed by atoms with E-state index in [0.717, 1.165) is 35.5 Å². The van der Waals surface area contributed by atoms with Crippen LogP contribution in [0.3, 0.4) is 0 Å². The fraction of sp³-hybridized carbons (Fsp3) is 0.167. The van der Waals surface area contributed by atoms with E-state index in [2.05, 4.69) is 10.2 Å². The van der Waals surface area contributed by atoms with Crippen molar-refractivity contribution in [1.82, 2.24) is 10.2 Å². The molecule has 0 fully saturated rings. The van der Waals surface area contributed by atoms with E-state index in [1.165, 1.54) is 0 Å². The van der Waals surface area contributed by atoms with Crippen LogP contribution in [0.25, 0.3) is 11.3 Å². The molecular weight excluding hydrogens is 345 g/mol. The van der Waals surface area contributed by atoms with Crippen LogP contribution in [0.4, 0.5) is 5.69 Å². The van der Waals surface area contributed by atoms with Gasteiger partial charge in [-0.3, -0.25) is 5.10 Å². The summed E-state index contributed by atoms with van der Waals surface area (Å²) in [6, 6.07) is 14.9. The standard InChI is InChI=1S/C18H17Cl2N3O/c19-13-6-7-18(16(20)10-13)24-8-2-5-15-11-17(23-22-15)12-3-1-4-14(21)9-12/h1,3-4,6-7,9-11H,2,5,8,21H2,(H,22,23). The number of aromatic nitrogens is 2. The smallest absolute Gasteiger partial charge is 0.137 e. The minimum Gasteiger partial charge on any atom is -0.492 e. The van der Waals surface area contributed by atoms with Crippen molar-refractivity contribution in [2.24, 2.45) is 0 Å². The molecule has 0 amide bonds. The Balaban J connectivity index is 1.52. The number of H-pyrrole nitrogens is 1. The average molecular weight is 362 g/mol. The summed E-state index contributed by atoms with van der Waals surface area (Å²) >= 11 is 11.9. The highest BCUT2D eigenvalue weighted by Gasteiger charge is 2.06. The summed E-state index contributed by atoms with van der Waals surface area (Å²) in [6.07, 6.45) is 1.68. The van der Waals surface area contributed by atoms with Crippen molar-refractivity contribution >= 4 is 28.9 Å². The Kier molecular flexibility index (Phi) is 5.28. The number of nitrogens with two attached hydrogens (primary N) is 1. The van der Waals surface area contributed by atoms with Crippen LogP contribution in [0, 0.1) is 0 Å². The minimum atomic E-state index is 0.521. The molecule has 0 unspecified atom stereocenters. The SMILES string of the molecule is Nc1cccc(-c2cc(CCCOc3ccc(Cl)cc3Cl)[nH]n2)c1. The van der Waals surface area contributed by atoms with Gasteiger partial charge in [0.15, 0.2) is 0 Å². The van der Waals surface area contributed by atoms with Gasteiger partial charge in [-0.25, -0.2) is 0 Å². The summed E-state index contributed by atoms with van der Waals surface area (Å²) in [4.78, 5) is 0. The molecule has 0 spiro atoms. The first-order valence-electron chi connectivity index (χ1n) is 7.60. The second-order valence-corrected chi connectivity index (χ2v) is 6.27. The van der Waals surface area contributed by atoms with Crippen LogP contribution in [0.5, 0.6) is 5.75 Å². The van der Waals surface area contributed by atoms with E-state index in [1.807, 2.05) is 30.3 Å². The highest BCUT2D eigenvalue weighted by atomic mass is 35.5. The quantitative estimate of drug-likeness (QED) is 0.480. The Morgan fingerprint density at radius 1 is 1.08 bits per heavy atom. The number of nitrogens with zero attached hydrogens (tertiary/aromatic N) is 1. The number of benzene rings is 2. The zero-order chi connectivity index (χ0) is 16.9. The summed E-state index contributed by atoms with van der Waals surface area (Å²) in [5.74, 6) is 0.645. The maximum Gasteiger partial charge on any atom is 0.137 e. The lowest BCUT2D eigenvalue weighted by Crippen LogP contribution is -2.00. The van der Waals surface area contributed by atoms with Gasteiger partial charge in [-0.1, -0.05) is 35.3 Å². The third-order valence-electron chi connectivity index (χ3n) is 3.56. The Hall–Kier alpha value is -2.17. The van der Waals surface area contributed by atoms with Gasteiger partial charge in [0.25, 0.3) is 0 Å². The van der Waals surface area contributed by atoms with E-state index in [9.17, 15) is 0 Å². The second kappa shape index (κ2) is 7.60. The molecule has 24 heavy (non-hydrogen) atoms. The summed E-state index contributed by atoms with van der Waals surface area (Å²) in [6.45, 7) is 0.563. The van der Waals surface area contributed by atoms with Crippen LogP contribution in [-0.4, -0.2) is 16.8 Å². The number of nitrogen functional groups attached to an aromatic ring is 1. The van der Waals surface area contributed by atoms with Gasteiger partial charge in [0.1, 0.15) is 5.75 Å². The molecule has 124 valence electrons. The van der Waals surface area contributed by atoms with E-state index >= 15 is 0 Å². The molecule has 0 aliphatic heterocycles. The normalized spacial score (nSPS) is 10.8. The van der Waals surface area contributed by atoms with Crippen LogP contribution in [0.1, 0.15) is 12.1 Å². The Bertz CT molecular complexity index is 833. The zero-order valence-corrected chi connectivity index (χ0v) is 14.4. The number of nitrogens with one attached hydrogen (secondary N) is 1. The Morgan fingerprint density at radius 2 is 1.96 bits per heavy atom. The third kappa shape index (κ3) is 4.22. The molecule has 1 aromatic heterocycles. The fourth-order valence-electron chi connectivity index (χ4n) is 2.37. The van der Waals surface area contributed by atoms with Gasteiger partial charge >= 0.3 is 0 Å². The molecule has 2 aromatic carbocycles. The molecule has 0 atom stereocenters. The number of rotatable bonds is 6. The van der Waals surface area contributed by atoms with E-state index in [4.69, 9.17) is 33.7 Å². The van der Waals surface area contributed by atoms with Crippen molar-refractivity contribution in [2.45, 2.75) is 12.8 Å². The summed E-state index contributed by atoms with van der Waals surface area (Å²) in [5.41, 5.74) is 9.47. The van der Waals surface area contributed by atoms with Gasteiger partial charge in [-0.05, 0) is 49.2 Å². The summed E-state index contributed by atoms with van der Waals surface area (Å²) in [7, 11) is 0. The third-order valence-corrected chi connectivity index (χ3v) is 4.09. The number of halogens is 2.